The molecule has 0 bridgehead atoms. The third-order valence-corrected chi connectivity index (χ3v) is 9.39. The van der Waals surface area contributed by atoms with Crippen LogP contribution in [0, 0.1) is 5.92 Å². The molecule has 0 radical (unpaired) electrons. The number of fused-ring (bicyclic) bond motifs is 2. The van der Waals surface area contributed by atoms with E-state index in [0.717, 1.165) is 53.9 Å². The lowest BCUT2D eigenvalue weighted by Gasteiger charge is -2.31. The van der Waals surface area contributed by atoms with Gasteiger partial charge in [-0.25, -0.2) is 9.78 Å². The first-order chi connectivity index (χ1) is 21.3. The summed E-state index contributed by atoms with van der Waals surface area (Å²) in [4.78, 5) is 44.9. The van der Waals surface area contributed by atoms with Crippen LogP contribution in [0.4, 0.5) is 10.7 Å². The van der Waals surface area contributed by atoms with Gasteiger partial charge in [-0.05, 0) is 85.6 Å². The molecule has 1 amide bonds. The molecule has 0 spiro atoms. The Kier molecular flexibility index (Phi) is 10.1. The molecule has 8 nitrogen and oxygen atoms in total. The van der Waals surface area contributed by atoms with E-state index in [2.05, 4.69) is 39.1 Å². The Balaban J connectivity index is 0.000000187. The molecule has 4 aromatic rings. The number of H-pyrrole nitrogens is 1. The molecule has 1 saturated carbocycles. The summed E-state index contributed by atoms with van der Waals surface area (Å²) in [6, 6.07) is 20.6. The van der Waals surface area contributed by atoms with Crippen LogP contribution in [0.15, 0.2) is 83.0 Å². The number of benzene rings is 3. The Morgan fingerprint density at radius 3 is 2.32 bits per heavy atom. The number of aliphatic hydroxyl groups is 1. The fraction of sp³-hybridized carbons (Fsp3) is 0.294. The van der Waals surface area contributed by atoms with Crippen molar-refractivity contribution >= 4 is 58.0 Å². The second-order valence-electron chi connectivity index (χ2n) is 10.8. The van der Waals surface area contributed by atoms with Gasteiger partial charge in [-0.2, -0.15) is 0 Å². The predicted molar refractivity (Wildman–Crippen MR) is 174 cm³/mol. The van der Waals surface area contributed by atoms with Crippen LogP contribution in [0.5, 0.6) is 0 Å². The summed E-state index contributed by atoms with van der Waals surface area (Å²) >= 11 is 7.76. The Labute approximate surface area is 265 Å². The van der Waals surface area contributed by atoms with Gasteiger partial charge in [-0.15, -0.1) is 11.8 Å². The van der Waals surface area contributed by atoms with E-state index in [1.807, 2.05) is 30.3 Å². The lowest BCUT2D eigenvalue weighted by Crippen LogP contribution is -2.28. The topological polar surface area (TPSA) is 121 Å². The summed E-state index contributed by atoms with van der Waals surface area (Å²) in [6.07, 6.45) is 4.02. The van der Waals surface area contributed by atoms with E-state index in [1.54, 1.807) is 36.0 Å². The molecule has 0 atom stereocenters. The highest BCUT2D eigenvalue weighted by atomic mass is 35.5. The molecule has 2 aliphatic rings. The van der Waals surface area contributed by atoms with Gasteiger partial charge in [0, 0.05) is 26.6 Å². The zero-order chi connectivity index (χ0) is 31.2. The van der Waals surface area contributed by atoms with Crippen molar-refractivity contribution in [2.24, 2.45) is 5.92 Å². The van der Waals surface area contributed by atoms with Crippen LogP contribution in [0.2, 0.25) is 5.02 Å². The number of Topliss-reactive ketones (excluding diaryl/α,β-unsaturated/α-hetero) is 2. The zero-order valence-electron chi connectivity index (χ0n) is 24.6. The molecule has 0 saturated heterocycles. The first-order valence-corrected chi connectivity index (χ1v) is 16.0. The van der Waals surface area contributed by atoms with Crippen LogP contribution >= 0.6 is 23.4 Å². The Bertz CT molecular complexity index is 1710. The SMILES string of the molecule is CCCSc1ccc2[nH]c(NC(=O)OC)nc2c1.O=C1C(O)=C([C@H]2CC[C@H](c3ccc(Cl)cc3)CC2)C(=O)c2ccccc21. The highest BCUT2D eigenvalue weighted by Crippen LogP contribution is 2.42. The highest BCUT2D eigenvalue weighted by molar-refractivity contribution is 7.99. The average Bonchev–Trinajstić information content (AvgIpc) is 3.45. The summed E-state index contributed by atoms with van der Waals surface area (Å²) in [7, 11) is 1.32. The van der Waals surface area contributed by atoms with Gasteiger partial charge >= 0.3 is 6.09 Å². The maximum Gasteiger partial charge on any atom is 0.413 e. The molecular weight excluding hydrogens is 598 g/mol. The van der Waals surface area contributed by atoms with E-state index in [0.29, 0.717) is 28.6 Å². The van der Waals surface area contributed by atoms with E-state index in [-0.39, 0.29) is 17.5 Å². The number of carbonyl (C=O) groups is 3. The van der Waals surface area contributed by atoms with Crippen molar-refractivity contribution in [1.29, 1.82) is 0 Å². The van der Waals surface area contributed by atoms with Gasteiger partial charge in [0.2, 0.25) is 11.7 Å². The van der Waals surface area contributed by atoms with Crippen LogP contribution in [0.1, 0.15) is 71.2 Å². The monoisotopic (exact) mass is 631 g/mol. The Morgan fingerprint density at radius 2 is 1.66 bits per heavy atom. The molecule has 1 aromatic heterocycles. The molecule has 1 heterocycles. The number of aliphatic hydroxyl groups excluding tert-OH is 1. The van der Waals surface area contributed by atoms with Gasteiger partial charge in [0.1, 0.15) is 0 Å². The number of allylic oxidation sites excluding steroid dienone is 2. The lowest BCUT2D eigenvalue weighted by molar-refractivity contribution is 0.0914. The minimum absolute atomic E-state index is 0.0663. The molecule has 6 rings (SSSR count). The molecule has 3 N–H and O–H groups in total. The number of aromatic amines is 1. The number of amides is 1. The number of ether oxygens (including phenoxy) is 1. The van der Waals surface area contributed by atoms with Crippen molar-refractivity contribution in [2.75, 3.05) is 18.2 Å². The van der Waals surface area contributed by atoms with E-state index < -0.39 is 11.9 Å². The van der Waals surface area contributed by atoms with Crippen LogP contribution in [0.3, 0.4) is 0 Å². The maximum atomic E-state index is 12.9. The molecular formula is C34H34ClN3O5S. The van der Waals surface area contributed by atoms with Crippen LogP contribution in [-0.2, 0) is 4.74 Å². The van der Waals surface area contributed by atoms with E-state index in [4.69, 9.17) is 11.6 Å². The second-order valence-corrected chi connectivity index (χ2v) is 12.4. The lowest BCUT2D eigenvalue weighted by atomic mass is 9.72. The van der Waals surface area contributed by atoms with Crippen molar-refractivity contribution < 1.29 is 24.2 Å². The predicted octanol–water partition coefficient (Wildman–Crippen LogP) is 8.75. The third kappa shape index (κ3) is 7.00. The zero-order valence-corrected chi connectivity index (χ0v) is 26.1. The van der Waals surface area contributed by atoms with Crippen molar-refractivity contribution in [3.63, 3.8) is 0 Å². The number of hydrogen-bond donors (Lipinski definition) is 3. The number of hydrogen-bond acceptors (Lipinski definition) is 7. The summed E-state index contributed by atoms with van der Waals surface area (Å²) in [5, 5.41) is 13.6. The van der Waals surface area contributed by atoms with Crippen molar-refractivity contribution in [3.05, 3.63) is 99.8 Å². The minimum Gasteiger partial charge on any atom is -0.504 e. The summed E-state index contributed by atoms with van der Waals surface area (Å²) in [5.74, 6) is 0.848. The number of halogens is 1. The first-order valence-electron chi connectivity index (χ1n) is 14.6. The third-order valence-electron chi connectivity index (χ3n) is 7.94. The number of carbonyl (C=O) groups excluding carboxylic acids is 3. The summed E-state index contributed by atoms with van der Waals surface area (Å²) in [6.45, 7) is 2.15. The number of ketones is 2. The number of anilines is 1. The largest absolute Gasteiger partial charge is 0.504 e. The fourth-order valence-corrected chi connectivity index (χ4v) is 6.64. The molecule has 0 aliphatic heterocycles. The summed E-state index contributed by atoms with van der Waals surface area (Å²) in [5.41, 5.74) is 3.99. The van der Waals surface area contributed by atoms with Crippen molar-refractivity contribution in [1.82, 2.24) is 9.97 Å². The molecule has 1 fully saturated rings. The smallest absolute Gasteiger partial charge is 0.413 e. The highest BCUT2D eigenvalue weighted by Gasteiger charge is 2.37. The van der Waals surface area contributed by atoms with Gasteiger partial charge in [0.05, 0.1) is 18.1 Å². The maximum absolute atomic E-state index is 12.9. The number of nitrogens with one attached hydrogen (secondary N) is 2. The average molecular weight is 632 g/mol. The van der Waals surface area contributed by atoms with Crippen LogP contribution in [0.25, 0.3) is 11.0 Å². The quantitative estimate of drug-likeness (QED) is 0.182. The van der Waals surface area contributed by atoms with Crippen LogP contribution in [-0.4, -0.2) is 45.6 Å². The van der Waals surface area contributed by atoms with Gasteiger partial charge < -0.3 is 14.8 Å². The van der Waals surface area contributed by atoms with E-state index >= 15 is 0 Å². The van der Waals surface area contributed by atoms with Gasteiger partial charge in [0.15, 0.2) is 11.5 Å². The molecule has 228 valence electrons. The first kappa shape index (κ1) is 31.3. The van der Waals surface area contributed by atoms with E-state index in [9.17, 15) is 19.5 Å². The second kappa shape index (κ2) is 14.1. The van der Waals surface area contributed by atoms with Crippen molar-refractivity contribution in [2.45, 2.75) is 49.8 Å². The minimum atomic E-state index is -0.533. The van der Waals surface area contributed by atoms with Gasteiger partial charge in [-0.1, -0.05) is 54.9 Å². The fourth-order valence-electron chi connectivity index (χ4n) is 5.71. The number of aromatic nitrogens is 2. The van der Waals surface area contributed by atoms with Crippen LogP contribution < -0.4 is 5.32 Å². The van der Waals surface area contributed by atoms with Gasteiger partial charge in [0.25, 0.3) is 0 Å². The normalized spacial score (nSPS) is 18.0. The molecule has 10 heteroatoms. The Hall–Kier alpha value is -4.08. The molecule has 0 unspecified atom stereocenters. The van der Waals surface area contributed by atoms with Gasteiger partial charge in [-0.3, -0.25) is 14.9 Å². The standard InChI is InChI=1S/C22H19ClO3.C12H15N3O2S/c23-16-11-9-14(10-12-16)13-5-7-15(8-6-13)19-20(24)17-3-1-2-4-18(17)21(25)22(19)26;1-3-6-18-8-4-5-9-10(7-8)14-11(13-9)15-12(16)17-2/h1-4,9-13,15,26H,5-8H2;4-5,7H,3,6H2,1-2H3,(H2,13,14,15,16)/t13-,15-;. The number of nitrogens with zero attached hydrogens (tertiary/aromatic N) is 1. The number of imidazole rings is 1. The van der Waals surface area contributed by atoms with E-state index in [1.165, 1.54) is 17.6 Å². The summed E-state index contributed by atoms with van der Waals surface area (Å²) < 4.78 is 4.51. The molecule has 2 aliphatic carbocycles. The Morgan fingerprint density at radius 1 is 1.00 bits per heavy atom. The van der Waals surface area contributed by atoms with Crippen molar-refractivity contribution in [3.8, 4) is 0 Å². The number of rotatable bonds is 6. The number of thioether (sulfide) groups is 1. The number of methoxy groups -OCH3 is 1. The molecule has 44 heavy (non-hydrogen) atoms. The molecule has 3 aromatic carbocycles.